The van der Waals surface area contributed by atoms with E-state index < -0.39 is 13.5 Å². The second-order valence-corrected chi connectivity index (χ2v) is 10.0. The van der Waals surface area contributed by atoms with Gasteiger partial charge in [0.1, 0.15) is 5.75 Å². The highest BCUT2D eigenvalue weighted by atomic mass is 31.2. The highest BCUT2D eigenvalue weighted by molar-refractivity contribution is 7.58. The van der Waals surface area contributed by atoms with E-state index in [4.69, 9.17) is 9.26 Å². The van der Waals surface area contributed by atoms with E-state index in [1.165, 1.54) is 12.1 Å². The molecule has 2 aromatic carbocycles. The van der Waals surface area contributed by atoms with Gasteiger partial charge in [0.15, 0.2) is 17.8 Å². The molecule has 0 saturated heterocycles. The maximum absolute atomic E-state index is 12.4. The Kier molecular flexibility index (Phi) is 9.18. The molecule has 0 aliphatic carbocycles. The summed E-state index contributed by atoms with van der Waals surface area (Å²) in [5, 5.41) is 32.4. The third kappa shape index (κ3) is 7.33. The van der Waals surface area contributed by atoms with Crippen molar-refractivity contribution in [2.24, 2.45) is 0 Å². The zero-order valence-electron chi connectivity index (χ0n) is 17.7. The van der Waals surface area contributed by atoms with E-state index in [0.717, 1.165) is 12.0 Å². The molecular weight excluding hydrogens is 405 g/mol. The lowest BCUT2D eigenvalue weighted by Gasteiger charge is -2.18. The maximum atomic E-state index is 12.4. The first-order chi connectivity index (χ1) is 14.3. The fraction of sp³-hybridized carbons (Fsp3) is 0.455. The average Bonchev–Trinajstić information content (AvgIpc) is 2.73. The Bertz CT molecular complexity index is 842. The van der Waals surface area contributed by atoms with E-state index in [-0.39, 0.29) is 23.9 Å². The van der Waals surface area contributed by atoms with Crippen molar-refractivity contribution >= 4 is 7.37 Å². The molecule has 0 saturated carbocycles. The molecule has 2 rings (SSSR count). The van der Waals surface area contributed by atoms with Gasteiger partial charge >= 0.3 is 0 Å². The molecule has 0 aliphatic rings. The lowest BCUT2D eigenvalue weighted by molar-refractivity contribution is 0.170. The van der Waals surface area contributed by atoms with Gasteiger partial charge in [0.25, 0.3) is 0 Å². The van der Waals surface area contributed by atoms with Crippen molar-refractivity contribution in [2.75, 3.05) is 25.7 Å². The molecule has 0 fully saturated rings. The van der Waals surface area contributed by atoms with Crippen LogP contribution in [0.5, 0.6) is 17.2 Å². The Morgan fingerprint density at radius 2 is 1.77 bits per heavy atom. The Balaban J connectivity index is 1.81. The molecule has 166 valence electrons. The fourth-order valence-electron chi connectivity index (χ4n) is 2.95. The molecule has 2 aromatic rings. The summed E-state index contributed by atoms with van der Waals surface area (Å²) in [7, 11) is -2.74. The molecule has 30 heavy (non-hydrogen) atoms. The third-order valence-electron chi connectivity index (χ3n) is 4.78. The number of ether oxygens (including phenoxy) is 1. The minimum Gasteiger partial charge on any atom is -0.504 e. The highest BCUT2D eigenvalue weighted by Crippen LogP contribution is 2.46. The Morgan fingerprint density at radius 1 is 1.07 bits per heavy atom. The predicted molar refractivity (Wildman–Crippen MR) is 118 cm³/mol. The number of benzene rings is 2. The van der Waals surface area contributed by atoms with Gasteiger partial charge in [0, 0.05) is 18.7 Å². The molecule has 0 bridgehead atoms. The van der Waals surface area contributed by atoms with Crippen LogP contribution in [0.1, 0.15) is 38.0 Å². The van der Waals surface area contributed by atoms with Gasteiger partial charge in [-0.2, -0.15) is 0 Å². The van der Waals surface area contributed by atoms with Gasteiger partial charge < -0.3 is 29.9 Å². The lowest BCUT2D eigenvalue weighted by atomic mass is 10.1. The molecule has 3 atom stereocenters. The summed E-state index contributed by atoms with van der Waals surface area (Å²) >= 11 is 0. The molecule has 0 radical (unpaired) electrons. The van der Waals surface area contributed by atoms with Crippen molar-refractivity contribution in [3.63, 3.8) is 0 Å². The lowest BCUT2D eigenvalue weighted by Crippen LogP contribution is -2.32. The molecule has 0 amide bonds. The molecule has 0 aliphatic heterocycles. The van der Waals surface area contributed by atoms with Crippen molar-refractivity contribution in [2.45, 2.75) is 39.3 Å². The van der Waals surface area contributed by atoms with Crippen LogP contribution >= 0.6 is 7.37 Å². The number of aromatic hydroxyl groups is 2. The first-order valence-corrected chi connectivity index (χ1v) is 12.1. The van der Waals surface area contributed by atoms with Crippen LogP contribution in [0, 0.1) is 0 Å². The van der Waals surface area contributed by atoms with Gasteiger partial charge in [-0.1, -0.05) is 25.1 Å². The minimum absolute atomic E-state index is 0.0688. The fourth-order valence-corrected chi connectivity index (χ4v) is 4.21. The number of aliphatic hydroxyl groups is 1. The molecular formula is C22H32NO6P. The van der Waals surface area contributed by atoms with Crippen LogP contribution in [0.25, 0.3) is 0 Å². The number of rotatable bonds is 12. The SMILES string of the molecule is CCOP(=O)(CC)COc1ccc(CC(C)NCC(O)c2ccc(O)c(O)c2)cc1. The summed E-state index contributed by atoms with van der Waals surface area (Å²) in [5.41, 5.74) is 1.63. The van der Waals surface area contributed by atoms with Crippen LogP contribution in [0.2, 0.25) is 0 Å². The number of phenolic OH excluding ortho intramolecular Hbond substituents is 2. The number of hydrogen-bond donors (Lipinski definition) is 4. The summed E-state index contributed by atoms with van der Waals surface area (Å²) in [4.78, 5) is 0. The summed E-state index contributed by atoms with van der Waals surface area (Å²) in [6.07, 6.45) is 0.464. The van der Waals surface area contributed by atoms with E-state index in [9.17, 15) is 19.9 Å². The van der Waals surface area contributed by atoms with Crippen molar-refractivity contribution < 1.29 is 29.1 Å². The van der Waals surface area contributed by atoms with Gasteiger partial charge in [-0.25, -0.2) is 0 Å². The van der Waals surface area contributed by atoms with Crippen molar-refractivity contribution in [1.29, 1.82) is 0 Å². The van der Waals surface area contributed by atoms with E-state index >= 15 is 0 Å². The summed E-state index contributed by atoms with van der Waals surface area (Å²) in [5.74, 6) is 0.184. The van der Waals surface area contributed by atoms with Gasteiger partial charge in [0.05, 0.1) is 12.7 Å². The van der Waals surface area contributed by atoms with Crippen LogP contribution in [-0.2, 0) is 15.5 Å². The first-order valence-electron chi connectivity index (χ1n) is 10.1. The van der Waals surface area contributed by atoms with Gasteiger partial charge in [-0.15, -0.1) is 0 Å². The number of aliphatic hydroxyl groups excluding tert-OH is 1. The molecule has 0 aromatic heterocycles. The van der Waals surface area contributed by atoms with E-state index in [2.05, 4.69) is 5.32 Å². The van der Waals surface area contributed by atoms with Gasteiger partial charge in [-0.3, -0.25) is 4.57 Å². The van der Waals surface area contributed by atoms with Crippen LogP contribution in [-0.4, -0.2) is 47.0 Å². The molecule has 4 N–H and O–H groups in total. The Morgan fingerprint density at radius 3 is 2.37 bits per heavy atom. The quantitative estimate of drug-likeness (QED) is 0.293. The van der Waals surface area contributed by atoms with Crippen molar-refractivity contribution in [3.8, 4) is 17.2 Å². The zero-order chi connectivity index (χ0) is 22.1. The van der Waals surface area contributed by atoms with E-state index in [1.54, 1.807) is 6.07 Å². The summed E-state index contributed by atoms with van der Waals surface area (Å²) < 4.78 is 23.4. The highest BCUT2D eigenvalue weighted by Gasteiger charge is 2.21. The molecule has 0 heterocycles. The Labute approximate surface area is 178 Å². The van der Waals surface area contributed by atoms with E-state index in [1.807, 2.05) is 45.0 Å². The largest absolute Gasteiger partial charge is 0.504 e. The monoisotopic (exact) mass is 437 g/mol. The number of nitrogens with one attached hydrogen (secondary N) is 1. The normalized spacial score (nSPS) is 15.3. The Hall–Kier alpha value is -2.05. The first kappa shape index (κ1) is 24.2. The van der Waals surface area contributed by atoms with Crippen LogP contribution in [0.15, 0.2) is 42.5 Å². The second kappa shape index (κ2) is 11.4. The van der Waals surface area contributed by atoms with Crippen LogP contribution < -0.4 is 10.1 Å². The van der Waals surface area contributed by atoms with E-state index in [0.29, 0.717) is 30.6 Å². The van der Waals surface area contributed by atoms with Crippen LogP contribution in [0.4, 0.5) is 0 Å². The third-order valence-corrected chi connectivity index (χ3v) is 7.00. The molecule has 8 heteroatoms. The molecule has 0 spiro atoms. The van der Waals surface area contributed by atoms with Gasteiger partial charge in [0.2, 0.25) is 7.37 Å². The molecule has 3 unspecified atom stereocenters. The average molecular weight is 437 g/mol. The zero-order valence-corrected chi connectivity index (χ0v) is 18.6. The minimum atomic E-state index is -2.74. The molecule has 7 nitrogen and oxygen atoms in total. The smallest absolute Gasteiger partial charge is 0.239 e. The predicted octanol–water partition coefficient (Wildman–Crippen LogP) is 4.02. The van der Waals surface area contributed by atoms with Crippen molar-refractivity contribution in [1.82, 2.24) is 5.32 Å². The topological polar surface area (TPSA) is 108 Å². The number of hydrogen-bond acceptors (Lipinski definition) is 7. The van der Waals surface area contributed by atoms with Crippen LogP contribution in [0.3, 0.4) is 0 Å². The van der Waals surface area contributed by atoms with Gasteiger partial charge in [-0.05, 0) is 55.7 Å². The number of phenols is 2. The maximum Gasteiger partial charge on any atom is 0.239 e. The summed E-state index contributed by atoms with van der Waals surface area (Å²) in [6.45, 7) is 6.39. The standard InChI is InChI=1S/C22H32NO6P/c1-4-29-30(27,5-2)15-28-19-9-6-17(7-10-19)12-16(3)23-14-22(26)18-8-11-20(24)21(25)13-18/h6-11,13,16,22-26H,4-5,12,14-15H2,1-3H3. The second-order valence-electron chi connectivity index (χ2n) is 7.24. The van der Waals surface area contributed by atoms with Crippen molar-refractivity contribution in [3.05, 3.63) is 53.6 Å². The summed E-state index contributed by atoms with van der Waals surface area (Å²) in [6, 6.07) is 12.0.